The number of anilines is 1. The molecule has 1 aromatic heterocycles. The summed E-state index contributed by atoms with van der Waals surface area (Å²) in [5.74, 6) is 0.941. The summed E-state index contributed by atoms with van der Waals surface area (Å²) in [5.41, 5.74) is 0.311. The van der Waals surface area contributed by atoms with Crippen molar-refractivity contribution in [1.29, 1.82) is 0 Å². The smallest absolute Gasteiger partial charge is 0.274 e. The van der Waals surface area contributed by atoms with Crippen molar-refractivity contribution in [2.75, 3.05) is 25.5 Å². The van der Waals surface area contributed by atoms with Crippen LogP contribution in [0.2, 0.25) is 5.02 Å². The number of amides is 1. The van der Waals surface area contributed by atoms with Crippen molar-refractivity contribution >= 4 is 23.3 Å². The van der Waals surface area contributed by atoms with Crippen LogP contribution in [-0.2, 0) is 0 Å². The Kier molecular flexibility index (Phi) is 5.41. The highest BCUT2D eigenvalue weighted by molar-refractivity contribution is 6.33. The van der Waals surface area contributed by atoms with Crippen molar-refractivity contribution in [3.8, 4) is 0 Å². The quantitative estimate of drug-likeness (QED) is 0.894. The molecule has 0 aliphatic rings. The molecule has 0 radical (unpaired) electrons. The molecule has 0 spiro atoms. The van der Waals surface area contributed by atoms with E-state index in [4.69, 9.17) is 11.6 Å². The van der Waals surface area contributed by atoms with E-state index in [9.17, 15) is 4.79 Å². The average molecular weight is 270 g/mol. The highest BCUT2D eigenvalue weighted by atomic mass is 35.5. The largest absolute Gasteiger partial charge is 0.373 e. The summed E-state index contributed by atoms with van der Waals surface area (Å²) >= 11 is 6.05. The lowest BCUT2D eigenvalue weighted by molar-refractivity contribution is 0.0740. The van der Waals surface area contributed by atoms with Gasteiger partial charge < -0.3 is 10.2 Å². The molecule has 0 bridgehead atoms. The molecule has 0 unspecified atom stereocenters. The lowest BCUT2D eigenvalue weighted by atomic mass is 10.2. The Hall–Kier alpha value is -1.29. The highest BCUT2D eigenvalue weighted by Crippen LogP contribution is 2.18. The highest BCUT2D eigenvalue weighted by Gasteiger charge is 2.19. The number of hydrogen-bond donors (Lipinski definition) is 1. The van der Waals surface area contributed by atoms with Gasteiger partial charge in [-0.05, 0) is 25.0 Å². The SMILES string of the molecule is CCN(CC(C)C)C(=O)c1nc(NC)ccc1Cl. The van der Waals surface area contributed by atoms with E-state index in [1.165, 1.54) is 0 Å². The van der Waals surface area contributed by atoms with Gasteiger partial charge in [0.05, 0.1) is 5.02 Å². The van der Waals surface area contributed by atoms with Crippen LogP contribution in [0, 0.1) is 5.92 Å². The van der Waals surface area contributed by atoms with Crippen LogP contribution >= 0.6 is 11.6 Å². The molecule has 0 aromatic carbocycles. The van der Waals surface area contributed by atoms with Gasteiger partial charge in [0.2, 0.25) is 0 Å². The summed E-state index contributed by atoms with van der Waals surface area (Å²) in [6, 6.07) is 3.44. The first-order valence-corrected chi connectivity index (χ1v) is 6.51. The van der Waals surface area contributed by atoms with Gasteiger partial charge in [-0.1, -0.05) is 25.4 Å². The van der Waals surface area contributed by atoms with Gasteiger partial charge in [-0.3, -0.25) is 4.79 Å². The Morgan fingerprint density at radius 3 is 2.67 bits per heavy atom. The lowest BCUT2D eigenvalue weighted by Crippen LogP contribution is -2.34. The van der Waals surface area contributed by atoms with Crippen molar-refractivity contribution < 1.29 is 4.79 Å². The molecule has 5 heteroatoms. The maximum absolute atomic E-state index is 12.4. The fourth-order valence-corrected chi connectivity index (χ4v) is 1.86. The minimum atomic E-state index is -0.117. The zero-order valence-corrected chi connectivity index (χ0v) is 12.1. The molecule has 1 heterocycles. The molecular formula is C13H20ClN3O. The third-order valence-electron chi connectivity index (χ3n) is 2.56. The van der Waals surface area contributed by atoms with Gasteiger partial charge in [-0.25, -0.2) is 4.98 Å². The number of hydrogen-bond acceptors (Lipinski definition) is 3. The summed E-state index contributed by atoms with van der Waals surface area (Å²) in [6.07, 6.45) is 0. The molecule has 1 N–H and O–H groups in total. The van der Waals surface area contributed by atoms with E-state index >= 15 is 0 Å². The van der Waals surface area contributed by atoms with E-state index < -0.39 is 0 Å². The van der Waals surface area contributed by atoms with Gasteiger partial charge in [0.25, 0.3) is 5.91 Å². The van der Waals surface area contributed by atoms with E-state index in [1.807, 2.05) is 6.92 Å². The van der Waals surface area contributed by atoms with Crippen LogP contribution < -0.4 is 5.32 Å². The monoisotopic (exact) mass is 269 g/mol. The standard InChI is InChI=1S/C13H20ClN3O/c1-5-17(8-9(2)3)13(18)12-10(14)6-7-11(15-4)16-12/h6-7,9H,5,8H2,1-4H3,(H,15,16). The van der Waals surface area contributed by atoms with Crippen LogP contribution in [-0.4, -0.2) is 35.9 Å². The summed E-state index contributed by atoms with van der Waals surface area (Å²) in [7, 11) is 1.76. The molecule has 100 valence electrons. The van der Waals surface area contributed by atoms with Gasteiger partial charge in [0.1, 0.15) is 11.5 Å². The maximum Gasteiger partial charge on any atom is 0.274 e. The van der Waals surface area contributed by atoms with Gasteiger partial charge in [0, 0.05) is 20.1 Å². The molecule has 0 saturated heterocycles. The van der Waals surface area contributed by atoms with Crippen molar-refractivity contribution in [2.24, 2.45) is 5.92 Å². The number of rotatable bonds is 5. The number of halogens is 1. The molecule has 0 atom stereocenters. The molecule has 0 aliphatic heterocycles. The van der Waals surface area contributed by atoms with Gasteiger partial charge in [0.15, 0.2) is 0 Å². The fraction of sp³-hybridized carbons (Fsp3) is 0.538. The van der Waals surface area contributed by atoms with E-state index in [0.29, 0.717) is 35.5 Å². The van der Waals surface area contributed by atoms with Crippen molar-refractivity contribution in [1.82, 2.24) is 9.88 Å². The first-order chi connectivity index (χ1) is 8.49. The van der Waals surface area contributed by atoms with E-state index in [1.54, 1.807) is 24.1 Å². The first-order valence-electron chi connectivity index (χ1n) is 6.13. The molecule has 1 amide bonds. The molecule has 0 fully saturated rings. The predicted octanol–water partition coefficient (Wildman–Crippen LogP) is 2.89. The van der Waals surface area contributed by atoms with Gasteiger partial charge in [-0.15, -0.1) is 0 Å². The molecule has 0 aliphatic carbocycles. The lowest BCUT2D eigenvalue weighted by Gasteiger charge is -2.23. The van der Waals surface area contributed by atoms with E-state index in [2.05, 4.69) is 24.1 Å². The number of carbonyl (C=O) groups is 1. The molecular weight excluding hydrogens is 250 g/mol. The topological polar surface area (TPSA) is 45.2 Å². The Bertz CT molecular complexity index is 421. The number of nitrogens with zero attached hydrogens (tertiary/aromatic N) is 2. The Morgan fingerprint density at radius 2 is 2.17 bits per heavy atom. The van der Waals surface area contributed by atoms with Crippen LogP contribution in [0.3, 0.4) is 0 Å². The van der Waals surface area contributed by atoms with Crippen LogP contribution in [0.25, 0.3) is 0 Å². The van der Waals surface area contributed by atoms with Crippen LogP contribution in [0.15, 0.2) is 12.1 Å². The van der Waals surface area contributed by atoms with Crippen LogP contribution in [0.4, 0.5) is 5.82 Å². The fourth-order valence-electron chi connectivity index (χ4n) is 1.68. The molecule has 0 saturated carbocycles. The Labute approximate surface area is 113 Å². The summed E-state index contributed by atoms with van der Waals surface area (Å²) in [5, 5.41) is 3.30. The second kappa shape index (κ2) is 6.59. The van der Waals surface area contributed by atoms with E-state index in [-0.39, 0.29) is 5.91 Å². The first kappa shape index (κ1) is 14.8. The normalized spacial score (nSPS) is 10.6. The van der Waals surface area contributed by atoms with Gasteiger partial charge in [-0.2, -0.15) is 0 Å². The summed E-state index contributed by atoms with van der Waals surface area (Å²) < 4.78 is 0. The Balaban J connectivity index is 3.00. The maximum atomic E-state index is 12.4. The third kappa shape index (κ3) is 3.60. The van der Waals surface area contributed by atoms with Crippen LogP contribution in [0.1, 0.15) is 31.3 Å². The number of aromatic nitrogens is 1. The third-order valence-corrected chi connectivity index (χ3v) is 2.86. The molecule has 1 aromatic rings. The van der Waals surface area contributed by atoms with Crippen molar-refractivity contribution in [2.45, 2.75) is 20.8 Å². The van der Waals surface area contributed by atoms with E-state index in [0.717, 1.165) is 0 Å². The number of pyridine rings is 1. The predicted molar refractivity (Wildman–Crippen MR) is 75.2 cm³/mol. The zero-order chi connectivity index (χ0) is 13.7. The molecule has 4 nitrogen and oxygen atoms in total. The van der Waals surface area contributed by atoms with Crippen molar-refractivity contribution in [3.05, 3.63) is 22.8 Å². The second-order valence-corrected chi connectivity index (χ2v) is 4.92. The van der Waals surface area contributed by atoms with Crippen molar-refractivity contribution in [3.63, 3.8) is 0 Å². The zero-order valence-electron chi connectivity index (χ0n) is 11.3. The minimum absolute atomic E-state index is 0.117. The average Bonchev–Trinajstić information content (AvgIpc) is 2.35. The van der Waals surface area contributed by atoms with Gasteiger partial charge >= 0.3 is 0 Å². The number of nitrogens with one attached hydrogen (secondary N) is 1. The molecule has 18 heavy (non-hydrogen) atoms. The minimum Gasteiger partial charge on any atom is -0.373 e. The Morgan fingerprint density at radius 1 is 1.50 bits per heavy atom. The number of carbonyl (C=O) groups excluding carboxylic acids is 1. The molecule has 1 rings (SSSR count). The van der Waals surface area contributed by atoms with Crippen LogP contribution in [0.5, 0.6) is 0 Å². The summed E-state index contributed by atoms with van der Waals surface area (Å²) in [4.78, 5) is 18.3. The summed E-state index contributed by atoms with van der Waals surface area (Å²) in [6.45, 7) is 7.47. The second-order valence-electron chi connectivity index (χ2n) is 4.51.